The summed E-state index contributed by atoms with van der Waals surface area (Å²) in [6, 6.07) is 6.63. The van der Waals surface area contributed by atoms with Crippen molar-refractivity contribution in [2.45, 2.75) is 31.8 Å². The van der Waals surface area contributed by atoms with Gasteiger partial charge in [-0.25, -0.2) is 9.97 Å². The van der Waals surface area contributed by atoms with Gasteiger partial charge in [0, 0.05) is 29.8 Å². The third kappa shape index (κ3) is 3.61. The molecule has 0 aliphatic carbocycles. The molecule has 2 aliphatic heterocycles. The van der Waals surface area contributed by atoms with Crippen LogP contribution in [0.4, 0.5) is 5.82 Å². The molecule has 0 bridgehead atoms. The number of piperidine rings is 1. The number of nitrogens with two attached hydrogens (primary N) is 1. The van der Waals surface area contributed by atoms with E-state index in [-0.39, 0.29) is 11.9 Å². The average Bonchev–Trinajstić information content (AvgIpc) is 2.69. The van der Waals surface area contributed by atoms with Crippen molar-refractivity contribution in [2.24, 2.45) is 5.73 Å². The minimum absolute atomic E-state index is 0.00917. The highest BCUT2D eigenvalue weighted by atomic mass is 16.2. The first kappa shape index (κ1) is 17.4. The van der Waals surface area contributed by atoms with Crippen molar-refractivity contribution in [1.29, 1.82) is 0 Å². The molecular weight excluding hydrogens is 344 g/mol. The van der Waals surface area contributed by atoms with Crippen LogP contribution in [-0.2, 0) is 17.8 Å². The van der Waals surface area contributed by atoms with Crippen molar-refractivity contribution in [1.82, 2.24) is 20.6 Å². The summed E-state index contributed by atoms with van der Waals surface area (Å²) in [4.78, 5) is 32.8. The summed E-state index contributed by atoms with van der Waals surface area (Å²) in [5.74, 6) is 0.822. The van der Waals surface area contributed by atoms with Gasteiger partial charge >= 0.3 is 0 Å². The zero-order valence-electron chi connectivity index (χ0n) is 14.9. The number of rotatable bonds is 4. The summed E-state index contributed by atoms with van der Waals surface area (Å²) in [7, 11) is 0. The van der Waals surface area contributed by atoms with Crippen molar-refractivity contribution < 1.29 is 9.59 Å². The van der Waals surface area contributed by atoms with Crippen molar-refractivity contribution in [2.75, 3.05) is 18.4 Å². The monoisotopic (exact) mass is 366 g/mol. The number of hydrogen-bond donors (Lipinski definition) is 4. The van der Waals surface area contributed by atoms with Crippen LogP contribution in [0.5, 0.6) is 0 Å². The predicted octanol–water partition coefficient (Wildman–Crippen LogP) is 0.579. The first-order chi connectivity index (χ1) is 13.1. The SMILES string of the molecule is NC(=O)c1ccc(-c2nc3c(c(NC4CCCNC4=O)n2)CCNC3)cc1. The van der Waals surface area contributed by atoms with Crippen molar-refractivity contribution in [3.8, 4) is 11.4 Å². The van der Waals surface area contributed by atoms with E-state index in [1.807, 2.05) is 0 Å². The predicted molar refractivity (Wildman–Crippen MR) is 101 cm³/mol. The van der Waals surface area contributed by atoms with E-state index in [2.05, 4.69) is 16.0 Å². The molecule has 3 heterocycles. The van der Waals surface area contributed by atoms with E-state index in [0.717, 1.165) is 55.0 Å². The minimum atomic E-state index is -0.470. The molecule has 27 heavy (non-hydrogen) atoms. The summed E-state index contributed by atoms with van der Waals surface area (Å²) < 4.78 is 0. The lowest BCUT2D eigenvalue weighted by molar-refractivity contribution is -0.123. The molecule has 2 amide bonds. The quantitative estimate of drug-likeness (QED) is 0.628. The van der Waals surface area contributed by atoms with E-state index < -0.39 is 5.91 Å². The molecule has 1 aromatic heterocycles. The molecule has 140 valence electrons. The Bertz CT molecular complexity index is 881. The van der Waals surface area contributed by atoms with Gasteiger partial charge in [-0.2, -0.15) is 0 Å². The topological polar surface area (TPSA) is 122 Å². The normalized spacial score (nSPS) is 19.1. The zero-order chi connectivity index (χ0) is 18.8. The minimum Gasteiger partial charge on any atom is -0.366 e. The third-order valence-corrected chi connectivity index (χ3v) is 4.96. The molecule has 5 N–H and O–H groups in total. The Kier molecular flexibility index (Phi) is 4.72. The molecular formula is C19H22N6O2. The molecule has 1 saturated heterocycles. The summed E-state index contributed by atoms with van der Waals surface area (Å²) in [6.07, 6.45) is 2.54. The van der Waals surface area contributed by atoms with Crippen LogP contribution in [0, 0.1) is 0 Å². The molecule has 8 nitrogen and oxygen atoms in total. The van der Waals surface area contributed by atoms with Gasteiger partial charge in [-0.15, -0.1) is 0 Å². The van der Waals surface area contributed by atoms with Crippen molar-refractivity contribution in [3.63, 3.8) is 0 Å². The molecule has 0 saturated carbocycles. The summed E-state index contributed by atoms with van der Waals surface area (Å²) in [6.45, 7) is 2.24. The number of carbonyl (C=O) groups is 2. The Morgan fingerprint density at radius 3 is 2.74 bits per heavy atom. The lowest BCUT2D eigenvalue weighted by Crippen LogP contribution is -2.45. The summed E-state index contributed by atoms with van der Waals surface area (Å²) in [5, 5.41) is 9.55. The Hall–Kier alpha value is -3.00. The largest absolute Gasteiger partial charge is 0.366 e. The molecule has 1 unspecified atom stereocenters. The third-order valence-electron chi connectivity index (χ3n) is 4.96. The number of amides is 2. The number of anilines is 1. The second-order valence-electron chi connectivity index (χ2n) is 6.82. The molecule has 8 heteroatoms. The van der Waals surface area contributed by atoms with E-state index in [9.17, 15) is 9.59 Å². The fourth-order valence-electron chi connectivity index (χ4n) is 3.47. The van der Waals surface area contributed by atoms with Crippen LogP contribution in [0.3, 0.4) is 0 Å². The Morgan fingerprint density at radius 2 is 2.00 bits per heavy atom. The van der Waals surface area contributed by atoms with Crippen LogP contribution < -0.4 is 21.7 Å². The highest BCUT2D eigenvalue weighted by Gasteiger charge is 2.25. The maximum Gasteiger partial charge on any atom is 0.248 e. The standard InChI is InChI=1S/C19H22N6O2/c20-16(26)11-3-5-12(6-4-11)17-24-15-10-21-9-7-13(15)18(25-17)23-14-2-1-8-22-19(14)27/h3-6,14,21H,1-2,7-10H2,(H2,20,26)(H,22,27)(H,23,24,25). The van der Waals surface area contributed by atoms with E-state index in [1.54, 1.807) is 24.3 Å². The maximum absolute atomic E-state index is 12.1. The van der Waals surface area contributed by atoms with Crippen LogP contribution in [0.1, 0.15) is 34.5 Å². The molecule has 1 fully saturated rings. The van der Waals surface area contributed by atoms with Gasteiger partial charge in [0.05, 0.1) is 5.69 Å². The summed E-state index contributed by atoms with van der Waals surface area (Å²) in [5.41, 5.74) is 8.54. The van der Waals surface area contributed by atoms with Crippen molar-refractivity contribution in [3.05, 3.63) is 41.1 Å². The molecule has 0 spiro atoms. The van der Waals surface area contributed by atoms with Crippen LogP contribution in [-0.4, -0.2) is 40.9 Å². The molecule has 4 rings (SSSR count). The van der Waals surface area contributed by atoms with Gasteiger partial charge in [0.25, 0.3) is 0 Å². The molecule has 0 radical (unpaired) electrons. The highest BCUT2D eigenvalue weighted by Crippen LogP contribution is 2.26. The van der Waals surface area contributed by atoms with Gasteiger partial charge in [-0.05, 0) is 37.9 Å². The number of benzene rings is 1. The lowest BCUT2D eigenvalue weighted by Gasteiger charge is -2.26. The van der Waals surface area contributed by atoms with Gasteiger partial charge in [-0.1, -0.05) is 12.1 Å². The second-order valence-corrected chi connectivity index (χ2v) is 6.82. The smallest absolute Gasteiger partial charge is 0.248 e. The second kappa shape index (κ2) is 7.32. The number of primary amides is 1. The Balaban J connectivity index is 1.70. The van der Waals surface area contributed by atoms with Gasteiger partial charge in [0.1, 0.15) is 11.9 Å². The van der Waals surface area contributed by atoms with E-state index in [4.69, 9.17) is 15.7 Å². The van der Waals surface area contributed by atoms with Gasteiger partial charge < -0.3 is 21.7 Å². The first-order valence-corrected chi connectivity index (χ1v) is 9.17. The fourth-order valence-corrected chi connectivity index (χ4v) is 3.47. The van der Waals surface area contributed by atoms with Crippen LogP contribution >= 0.6 is 0 Å². The molecule has 2 aromatic rings. The molecule has 1 aromatic carbocycles. The summed E-state index contributed by atoms with van der Waals surface area (Å²) >= 11 is 0. The average molecular weight is 366 g/mol. The molecule has 1 atom stereocenters. The van der Waals surface area contributed by atoms with Crippen LogP contribution in [0.2, 0.25) is 0 Å². The van der Waals surface area contributed by atoms with Gasteiger partial charge in [-0.3, -0.25) is 9.59 Å². The highest BCUT2D eigenvalue weighted by molar-refractivity contribution is 5.93. The maximum atomic E-state index is 12.1. The zero-order valence-corrected chi connectivity index (χ0v) is 14.9. The van der Waals surface area contributed by atoms with Gasteiger partial charge in [0.15, 0.2) is 5.82 Å². The number of nitrogens with zero attached hydrogens (tertiary/aromatic N) is 2. The van der Waals surface area contributed by atoms with Crippen LogP contribution in [0.15, 0.2) is 24.3 Å². The Morgan fingerprint density at radius 1 is 1.19 bits per heavy atom. The van der Waals surface area contributed by atoms with E-state index >= 15 is 0 Å². The number of carbonyl (C=O) groups excluding carboxylic acids is 2. The number of aromatic nitrogens is 2. The fraction of sp³-hybridized carbons (Fsp3) is 0.368. The van der Waals surface area contributed by atoms with Crippen molar-refractivity contribution >= 4 is 17.6 Å². The van der Waals surface area contributed by atoms with E-state index in [1.165, 1.54) is 0 Å². The Labute approximate surface area is 157 Å². The first-order valence-electron chi connectivity index (χ1n) is 9.17. The van der Waals surface area contributed by atoms with E-state index in [0.29, 0.717) is 17.9 Å². The number of hydrogen-bond acceptors (Lipinski definition) is 6. The number of fused-ring (bicyclic) bond motifs is 1. The van der Waals surface area contributed by atoms with Crippen LogP contribution in [0.25, 0.3) is 11.4 Å². The number of nitrogens with one attached hydrogen (secondary N) is 3. The van der Waals surface area contributed by atoms with Gasteiger partial charge in [0.2, 0.25) is 11.8 Å². The lowest BCUT2D eigenvalue weighted by atomic mass is 10.0. The molecule has 2 aliphatic rings.